The second-order valence-electron chi connectivity index (χ2n) is 4.89. The monoisotopic (exact) mass is 306 g/mol. The minimum absolute atomic E-state index is 0.420. The molecule has 1 unspecified atom stereocenters. The molecule has 0 aliphatic carbocycles. The van der Waals surface area contributed by atoms with E-state index in [2.05, 4.69) is 62.3 Å². The summed E-state index contributed by atoms with van der Waals surface area (Å²) in [6.07, 6.45) is 0. The second-order valence-corrected chi connectivity index (χ2v) is 7.22. The Morgan fingerprint density at radius 3 is 2.50 bits per heavy atom. The average molecular weight is 306 g/mol. The third kappa shape index (κ3) is 4.08. The Morgan fingerprint density at radius 2 is 1.95 bits per heavy atom. The smallest absolute Gasteiger partial charge is 0.103 e. The Morgan fingerprint density at radius 1 is 1.25 bits per heavy atom. The Balaban J connectivity index is 1.93. The van der Waals surface area contributed by atoms with Gasteiger partial charge in [-0.25, -0.2) is 4.98 Å². The van der Waals surface area contributed by atoms with Crippen LogP contribution in [-0.4, -0.2) is 11.5 Å². The summed E-state index contributed by atoms with van der Waals surface area (Å²) in [6, 6.07) is 9.27. The number of benzene rings is 1. The third-order valence-corrected chi connectivity index (χ3v) is 5.60. The van der Waals surface area contributed by atoms with Crippen LogP contribution in [0.5, 0.6) is 0 Å². The van der Waals surface area contributed by atoms with E-state index in [1.54, 1.807) is 11.3 Å². The molecule has 1 atom stereocenters. The zero-order valence-corrected chi connectivity index (χ0v) is 14.2. The van der Waals surface area contributed by atoms with E-state index in [1.165, 1.54) is 26.0 Å². The van der Waals surface area contributed by atoms with Crippen LogP contribution in [-0.2, 0) is 5.75 Å². The zero-order chi connectivity index (χ0) is 14.5. The molecule has 1 aromatic carbocycles. The van der Waals surface area contributed by atoms with Crippen LogP contribution >= 0.6 is 23.1 Å². The Bertz CT molecular complexity index is 527. The van der Waals surface area contributed by atoms with Gasteiger partial charge in [-0.2, -0.15) is 0 Å². The first-order valence-electron chi connectivity index (χ1n) is 6.99. The number of aryl methyl sites for hydroxylation is 2. The van der Waals surface area contributed by atoms with Crippen molar-refractivity contribution < 1.29 is 0 Å². The first kappa shape index (κ1) is 15.5. The minimum Gasteiger partial charge on any atom is -0.310 e. The molecule has 0 saturated carbocycles. The van der Waals surface area contributed by atoms with Gasteiger partial charge in [0.15, 0.2) is 0 Å². The maximum Gasteiger partial charge on any atom is 0.103 e. The maximum absolute atomic E-state index is 4.58. The van der Waals surface area contributed by atoms with E-state index in [1.807, 2.05) is 11.8 Å². The molecule has 0 fully saturated rings. The van der Waals surface area contributed by atoms with E-state index in [0.717, 1.165) is 12.3 Å². The van der Waals surface area contributed by atoms with Crippen molar-refractivity contribution in [2.45, 2.75) is 44.4 Å². The van der Waals surface area contributed by atoms with Crippen LogP contribution < -0.4 is 5.32 Å². The standard InChI is InChI=1S/C16H22N2S2/c1-5-17-12(3)14-6-8-15(9-7-14)19-10-16-18-11(2)13(4)20-16/h6-9,12,17H,5,10H2,1-4H3. The molecule has 2 nitrogen and oxygen atoms in total. The molecule has 0 saturated heterocycles. The van der Waals surface area contributed by atoms with Gasteiger partial charge in [0.2, 0.25) is 0 Å². The van der Waals surface area contributed by atoms with Gasteiger partial charge in [-0.05, 0) is 45.0 Å². The molecule has 0 bridgehead atoms. The summed E-state index contributed by atoms with van der Waals surface area (Å²) < 4.78 is 0. The summed E-state index contributed by atoms with van der Waals surface area (Å²) in [5, 5.41) is 4.65. The summed E-state index contributed by atoms with van der Waals surface area (Å²) in [5.74, 6) is 0.960. The largest absolute Gasteiger partial charge is 0.310 e. The fraction of sp³-hybridized carbons (Fsp3) is 0.438. The highest BCUT2D eigenvalue weighted by Crippen LogP contribution is 2.27. The lowest BCUT2D eigenvalue weighted by atomic mass is 10.1. The van der Waals surface area contributed by atoms with Crippen molar-refractivity contribution in [3.05, 3.63) is 45.4 Å². The molecule has 2 aromatic rings. The number of thioether (sulfide) groups is 1. The molecule has 1 N–H and O–H groups in total. The van der Waals surface area contributed by atoms with Gasteiger partial charge in [-0.15, -0.1) is 23.1 Å². The predicted octanol–water partition coefficient (Wildman–Crippen LogP) is 4.72. The molecule has 0 aliphatic heterocycles. The molecule has 4 heteroatoms. The summed E-state index contributed by atoms with van der Waals surface area (Å²) in [6.45, 7) is 9.56. The van der Waals surface area contributed by atoms with Crippen LogP contribution in [0, 0.1) is 13.8 Å². The molecule has 1 heterocycles. The van der Waals surface area contributed by atoms with Crippen LogP contribution in [0.1, 0.15) is 41.0 Å². The maximum atomic E-state index is 4.58. The Hall–Kier alpha value is -0.840. The van der Waals surface area contributed by atoms with Crippen molar-refractivity contribution in [3.63, 3.8) is 0 Å². The molecule has 0 aliphatic rings. The predicted molar refractivity (Wildman–Crippen MR) is 89.7 cm³/mol. The molecule has 108 valence electrons. The van der Waals surface area contributed by atoms with Gasteiger partial charge in [-0.3, -0.25) is 0 Å². The molecule has 0 amide bonds. The van der Waals surface area contributed by atoms with Gasteiger partial charge in [-0.1, -0.05) is 19.1 Å². The van der Waals surface area contributed by atoms with E-state index in [9.17, 15) is 0 Å². The van der Waals surface area contributed by atoms with Gasteiger partial charge >= 0.3 is 0 Å². The van der Waals surface area contributed by atoms with Gasteiger partial charge in [0.05, 0.1) is 11.4 Å². The highest BCUT2D eigenvalue weighted by atomic mass is 32.2. The summed E-state index contributed by atoms with van der Waals surface area (Å²) in [5.41, 5.74) is 2.51. The molecular weight excluding hydrogens is 284 g/mol. The first-order valence-corrected chi connectivity index (χ1v) is 8.79. The lowest BCUT2D eigenvalue weighted by Gasteiger charge is -2.12. The van der Waals surface area contributed by atoms with Crippen LogP contribution in [0.3, 0.4) is 0 Å². The number of nitrogens with one attached hydrogen (secondary N) is 1. The first-order chi connectivity index (χ1) is 9.60. The molecule has 0 radical (unpaired) electrons. The molecule has 2 rings (SSSR count). The van der Waals surface area contributed by atoms with Crippen LogP contribution in [0.4, 0.5) is 0 Å². The van der Waals surface area contributed by atoms with Crippen molar-refractivity contribution in [2.75, 3.05) is 6.54 Å². The molecule has 0 spiro atoms. The lowest BCUT2D eigenvalue weighted by molar-refractivity contribution is 0.598. The van der Waals surface area contributed by atoms with Crippen molar-refractivity contribution in [1.82, 2.24) is 10.3 Å². The highest BCUT2D eigenvalue weighted by Gasteiger charge is 2.06. The van der Waals surface area contributed by atoms with Gasteiger partial charge in [0.25, 0.3) is 0 Å². The molecule has 20 heavy (non-hydrogen) atoms. The summed E-state index contributed by atoms with van der Waals surface area (Å²) >= 11 is 3.66. The van der Waals surface area contributed by atoms with E-state index in [4.69, 9.17) is 0 Å². The minimum atomic E-state index is 0.420. The number of thiazole rings is 1. The van der Waals surface area contributed by atoms with E-state index in [0.29, 0.717) is 6.04 Å². The van der Waals surface area contributed by atoms with E-state index >= 15 is 0 Å². The topological polar surface area (TPSA) is 24.9 Å². The second kappa shape index (κ2) is 7.25. The highest BCUT2D eigenvalue weighted by molar-refractivity contribution is 7.98. The quantitative estimate of drug-likeness (QED) is 0.781. The van der Waals surface area contributed by atoms with Crippen molar-refractivity contribution in [1.29, 1.82) is 0 Å². The molecular formula is C16H22N2S2. The van der Waals surface area contributed by atoms with E-state index < -0.39 is 0 Å². The Kier molecular flexibility index (Phi) is 5.64. The third-order valence-electron chi connectivity index (χ3n) is 3.33. The summed E-state index contributed by atoms with van der Waals surface area (Å²) in [4.78, 5) is 7.22. The fourth-order valence-corrected chi connectivity index (χ4v) is 3.85. The van der Waals surface area contributed by atoms with E-state index in [-0.39, 0.29) is 0 Å². The van der Waals surface area contributed by atoms with Gasteiger partial charge in [0, 0.05) is 15.8 Å². The number of aromatic nitrogens is 1. The summed E-state index contributed by atoms with van der Waals surface area (Å²) in [7, 11) is 0. The number of nitrogens with zero attached hydrogens (tertiary/aromatic N) is 1. The van der Waals surface area contributed by atoms with Gasteiger partial charge < -0.3 is 5.32 Å². The lowest BCUT2D eigenvalue weighted by Crippen LogP contribution is -2.17. The van der Waals surface area contributed by atoms with Crippen molar-refractivity contribution in [3.8, 4) is 0 Å². The van der Waals surface area contributed by atoms with Crippen molar-refractivity contribution in [2.24, 2.45) is 0 Å². The van der Waals surface area contributed by atoms with Crippen molar-refractivity contribution >= 4 is 23.1 Å². The van der Waals surface area contributed by atoms with Crippen LogP contribution in [0.2, 0.25) is 0 Å². The normalized spacial score (nSPS) is 12.6. The fourth-order valence-electron chi connectivity index (χ4n) is 2.02. The van der Waals surface area contributed by atoms with Crippen LogP contribution in [0.25, 0.3) is 0 Å². The average Bonchev–Trinajstić information content (AvgIpc) is 2.76. The van der Waals surface area contributed by atoms with Gasteiger partial charge in [0.1, 0.15) is 5.01 Å². The zero-order valence-electron chi connectivity index (χ0n) is 12.6. The number of rotatable bonds is 6. The number of hydrogen-bond donors (Lipinski definition) is 1. The Labute approximate surface area is 130 Å². The van der Waals surface area contributed by atoms with Crippen LogP contribution in [0.15, 0.2) is 29.2 Å². The SMILES string of the molecule is CCNC(C)c1ccc(SCc2nc(C)c(C)s2)cc1. The molecule has 1 aromatic heterocycles. The number of hydrogen-bond acceptors (Lipinski definition) is 4.